The highest BCUT2D eigenvalue weighted by molar-refractivity contribution is 7.92. The van der Waals surface area contributed by atoms with Crippen LogP contribution >= 0.6 is 0 Å². The lowest BCUT2D eigenvalue weighted by Gasteiger charge is -2.21. The predicted octanol–water partition coefficient (Wildman–Crippen LogP) is 3.71. The van der Waals surface area contributed by atoms with Gasteiger partial charge in [-0.25, -0.2) is 8.42 Å². The maximum absolute atomic E-state index is 12.5. The topological polar surface area (TPSA) is 118 Å². The average molecular weight is 417 g/mol. The molecule has 0 aromatic heterocycles. The Morgan fingerprint density at radius 3 is 2.41 bits per heavy atom. The van der Waals surface area contributed by atoms with E-state index in [1.54, 1.807) is 12.1 Å². The zero-order valence-electron chi connectivity index (χ0n) is 15.8. The molecule has 1 aliphatic rings. The predicted molar refractivity (Wildman–Crippen MR) is 109 cm³/mol. The third kappa shape index (κ3) is 5.54. The number of nitro groups is 1. The van der Waals surface area contributed by atoms with Gasteiger partial charge in [0.2, 0.25) is 0 Å². The van der Waals surface area contributed by atoms with Crippen LogP contribution in [0.3, 0.4) is 0 Å². The van der Waals surface area contributed by atoms with E-state index in [4.69, 9.17) is 0 Å². The fourth-order valence-corrected chi connectivity index (χ4v) is 4.50. The molecule has 1 saturated carbocycles. The van der Waals surface area contributed by atoms with Gasteiger partial charge in [-0.05, 0) is 49.1 Å². The van der Waals surface area contributed by atoms with Gasteiger partial charge in [-0.2, -0.15) is 0 Å². The zero-order chi connectivity index (χ0) is 20.9. The molecule has 2 N–H and O–H groups in total. The number of rotatable bonds is 7. The average Bonchev–Trinajstić information content (AvgIpc) is 2.73. The van der Waals surface area contributed by atoms with Crippen LogP contribution < -0.4 is 10.0 Å². The monoisotopic (exact) mass is 417 g/mol. The Kier molecular flexibility index (Phi) is 6.48. The minimum atomic E-state index is -3.98. The lowest BCUT2D eigenvalue weighted by molar-refractivity contribution is -0.385. The summed E-state index contributed by atoms with van der Waals surface area (Å²) in [7, 11) is -3.98. The van der Waals surface area contributed by atoms with E-state index in [0.717, 1.165) is 18.9 Å². The van der Waals surface area contributed by atoms with Crippen molar-refractivity contribution in [2.45, 2.75) is 37.0 Å². The van der Waals surface area contributed by atoms with Crippen LogP contribution in [0.25, 0.3) is 0 Å². The summed E-state index contributed by atoms with van der Waals surface area (Å²) >= 11 is 0. The molecule has 154 valence electrons. The molecule has 8 nitrogen and oxygen atoms in total. The van der Waals surface area contributed by atoms with Gasteiger partial charge in [0.15, 0.2) is 0 Å². The molecule has 9 heteroatoms. The van der Waals surface area contributed by atoms with Gasteiger partial charge >= 0.3 is 0 Å². The third-order valence-corrected chi connectivity index (χ3v) is 6.39. The van der Waals surface area contributed by atoms with Crippen molar-refractivity contribution in [2.24, 2.45) is 5.92 Å². The molecule has 0 bridgehead atoms. The van der Waals surface area contributed by atoms with Crippen LogP contribution in [0, 0.1) is 16.0 Å². The van der Waals surface area contributed by atoms with Crippen molar-refractivity contribution in [3.63, 3.8) is 0 Å². The maximum Gasteiger partial charge on any atom is 0.270 e. The van der Waals surface area contributed by atoms with Gasteiger partial charge in [0.25, 0.3) is 21.6 Å². The minimum absolute atomic E-state index is 0.191. The number of nitrogens with zero attached hydrogens (tertiary/aromatic N) is 1. The second-order valence-electron chi connectivity index (χ2n) is 7.15. The number of non-ortho nitro benzene ring substituents is 1. The Balaban J connectivity index is 1.62. The maximum atomic E-state index is 12.5. The van der Waals surface area contributed by atoms with E-state index in [1.807, 2.05) is 0 Å². The van der Waals surface area contributed by atoms with E-state index in [-0.39, 0.29) is 22.2 Å². The Bertz CT molecular complexity index is 983. The molecule has 29 heavy (non-hydrogen) atoms. The van der Waals surface area contributed by atoms with Crippen molar-refractivity contribution < 1.29 is 18.1 Å². The highest BCUT2D eigenvalue weighted by Gasteiger charge is 2.18. The highest BCUT2D eigenvalue weighted by atomic mass is 32.2. The Hall–Kier alpha value is -2.94. The van der Waals surface area contributed by atoms with Gasteiger partial charge in [0.1, 0.15) is 0 Å². The second kappa shape index (κ2) is 9.04. The first-order chi connectivity index (χ1) is 13.8. The van der Waals surface area contributed by atoms with Crippen LogP contribution in [0.15, 0.2) is 53.4 Å². The van der Waals surface area contributed by atoms with E-state index in [2.05, 4.69) is 10.0 Å². The van der Waals surface area contributed by atoms with Crippen molar-refractivity contribution in [3.8, 4) is 0 Å². The molecular formula is C20H23N3O5S. The fraction of sp³-hybridized carbons (Fsp3) is 0.350. The molecule has 0 aliphatic heterocycles. The van der Waals surface area contributed by atoms with Crippen LogP contribution in [0.5, 0.6) is 0 Å². The number of hydrogen-bond donors (Lipinski definition) is 2. The number of nitro benzene ring substituents is 1. The first-order valence-electron chi connectivity index (χ1n) is 9.51. The molecule has 1 amide bonds. The van der Waals surface area contributed by atoms with Crippen molar-refractivity contribution >= 4 is 27.3 Å². The summed E-state index contributed by atoms with van der Waals surface area (Å²) in [5.74, 6) is 0.331. The summed E-state index contributed by atoms with van der Waals surface area (Å²) in [4.78, 5) is 22.3. The second-order valence-corrected chi connectivity index (χ2v) is 8.83. The number of carbonyl (C=O) groups is 1. The number of nitrogens with one attached hydrogen (secondary N) is 2. The van der Waals surface area contributed by atoms with Crippen LogP contribution in [0.4, 0.5) is 11.4 Å². The largest absolute Gasteiger partial charge is 0.352 e. The van der Waals surface area contributed by atoms with Crippen LogP contribution in [0.2, 0.25) is 0 Å². The normalized spacial score (nSPS) is 14.9. The van der Waals surface area contributed by atoms with Gasteiger partial charge in [0.05, 0.1) is 9.82 Å². The summed E-state index contributed by atoms with van der Waals surface area (Å²) in [5, 5.41) is 13.8. The van der Waals surface area contributed by atoms with Crippen molar-refractivity contribution in [1.82, 2.24) is 5.32 Å². The van der Waals surface area contributed by atoms with Gasteiger partial charge < -0.3 is 5.32 Å². The number of carbonyl (C=O) groups excluding carboxylic acids is 1. The van der Waals surface area contributed by atoms with Crippen LogP contribution in [-0.4, -0.2) is 25.8 Å². The van der Waals surface area contributed by atoms with Gasteiger partial charge in [-0.3, -0.25) is 19.6 Å². The molecule has 0 saturated heterocycles. The summed E-state index contributed by atoms with van der Waals surface area (Å²) in [6.45, 7) is 0.653. The Labute approximate surface area is 169 Å². The van der Waals surface area contributed by atoms with E-state index in [1.165, 1.54) is 49.6 Å². The Morgan fingerprint density at radius 1 is 1.07 bits per heavy atom. The summed E-state index contributed by atoms with van der Waals surface area (Å²) in [6, 6.07) is 10.9. The molecule has 3 rings (SSSR count). The standard InChI is InChI=1S/C20H23N3O5S/c24-20(21-14-15-5-2-1-3-6-15)16-9-11-17(12-10-16)22-29(27,28)19-8-4-7-18(13-19)23(25)26/h4,7-13,15,22H,1-3,5-6,14H2,(H,21,24). The summed E-state index contributed by atoms with van der Waals surface area (Å²) in [6.07, 6.45) is 5.95. The van der Waals surface area contributed by atoms with Crippen molar-refractivity contribution in [2.75, 3.05) is 11.3 Å². The molecular weight excluding hydrogens is 394 g/mol. The lowest BCUT2D eigenvalue weighted by Crippen LogP contribution is -2.30. The summed E-state index contributed by atoms with van der Waals surface area (Å²) < 4.78 is 27.3. The van der Waals surface area contributed by atoms with Crippen LogP contribution in [0.1, 0.15) is 42.5 Å². The van der Waals surface area contributed by atoms with Gasteiger partial charge in [0, 0.05) is 29.9 Å². The van der Waals surface area contributed by atoms with E-state index < -0.39 is 14.9 Å². The van der Waals surface area contributed by atoms with Gasteiger partial charge in [-0.1, -0.05) is 25.3 Å². The van der Waals surface area contributed by atoms with E-state index >= 15 is 0 Å². The molecule has 0 unspecified atom stereocenters. The zero-order valence-corrected chi connectivity index (χ0v) is 16.7. The number of anilines is 1. The van der Waals surface area contributed by atoms with Crippen molar-refractivity contribution in [3.05, 3.63) is 64.2 Å². The quantitative estimate of drug-likeness (QED) is 0.526. The highest BCUT2D eigenvalue weighted by Crippen LogP contribution is 2.23. The number of sulfonamides is 1. The molecule has 0 heterocycles. The first kappa shape index (κ1) is 20.8. The lowest BCUT2D eigenvalue weighted by atomic mass is 9.89. The number of amides is 1. The molecule has 0 atom stereocenters. The molecule has 2 aromatic rings. The molecule has 2 aromatic carbocycles. The number of hydrogen-bond acceptors (Lipinski definition) is 5. The van der Waals surface area contributed by atoms with E-state index in [0.29, 0.717) is 18.0 Å². The molecule has 0 spiro atoms. The minimum Gasteiger partial charge on any atom is -0.352 e. The fourth-order valence-electron chi connectivity index (χ4n) is 3.40. The Morgan fingerprint density at radius 2 is 1.76 bits per heavy atom. The molecule has 1 fully saturated rings. The smallest absolute Gasteiger partial charge is 0.270 e. The van der Waals surface area contributed by atoms with Crippen LogP contribution in [-0.2, 0) is 10.0 Å². The molecule has 1 aliphatic carbocycles. The first-order valence-corrected chi connectivity index (χ1v) is 11.0. The number of benzene rings is 2. The van der Waals surface area contributed by atoms with E-state index in [9.17, 15) is 23.3 Å². The SMILES string of the molecule is O=C(NCC1CCCCC1)c1ccc(NS(=O)(=O)c2cccc([N+](=O)[O-])c2)cc1. The van der Waals surface area contributed by atoms with Crippen molar-refractivity contribution in [1.29, 1.82) is 0 Å². The summed E-state index contributed by atoms with van der Waals surface area (Å²) in [5.41, 5.74) is 0.400. The molecule has 0 radical (unpaired) electrons. The van der Waals surface area contributed by atoms with Gasteiger partial charge in [-0.15, -0.1) is 0 Å². The third-order valence-electron chi connectivity index (χ3n) is 5.01.